The quantitative estimate of drug-likeness (QED) is 0.798. The Bertz CT molecular complexity index is 391. The van der Waals surface area contributed by atoms with E-state index in [0.29, 0.717) is 12.0 Å². The van der Waals surface area contributed by atoms with Crippen LogP contribution >= 0.6 is 11.3 Å². The molecule has 2 atom stereocenters. The number of hydrogen-bond acceptors (Lipinski definition) is 4. The van der Waals surface area contributed by atoms with Crippen LogP contribution in [0.15, 0.2) is 16.8 Å². The zero-order chi connectivity index (χ0) is 13.8. The fourth-order valence-electron chi connectivity index (χ4n) is 3.03. The molecule has 3 rings (SSSR count). The highest BCUT2D eigenvalue weighted by atomic mass is 32.1. The molecule has 2 heterocycles. The average Bonchev–Trinajstić information content (AvgIpc) is 3.00. The average molecular weight is 294 g/mol. The fourth-order valence-corrected chi connectivity index (χ4v) is 3.69. The lowest BCUT2D eigenvalue weighted by Crippen LogP contribution is -2.42. The highest BCUT2D eigenvalue weighted by Crippen LogP contribution is 2.30. The molecule has 2 fully saturated rings. The van der Waals surface area contributed by atoms with Gasteiger partial charge >= 0.3 is 0 Å². The molecule has 2 unspecified atom stereocenters. The van der Waals surface area contributed by atoms with E-state index in [2.05, 4.69) is 34.0 Å². The first-order valence-corrected chi connectivity index (χ1v) is 8.87. The van der Waals surface area contributed by atoms with Gasteiger partial charge in [-0.2, -0.15) is 11.3 Å². The van der Waals surface area contributed by atoms with Crippen molar-refractivity contribution in [3.05, 3.63) is 22.4 Å². The third-order valence-electron chi connectivity index (χ3n) is 4.35. The van der Waals surface area contributed by atoms with Crippen molar-refractivity contribution < 1.29 is 4.74 Å². The van der Waals surface area contributed by atoms with E-state index < -0.39 is 0 Å². The lowest BCUT2D eigenvalue weighted by atomic mass is 10.0. The largest absolute Gasteiger partial charge is 0.379 e. The van der Waals surface area contributed by atoms with Gasteiger partial charge < -0.3 is 10.1 Å². The Labute approximate surface area is 126 Å². The molecular weight excluding hydrogens is 268 g/mol. The Morgan fingerprint density at radius 1 is 1.40 bits per heavy atom. The Hall–Kier alpha value is -0.420. The third-order valence-corrected chi connectivity index (χ3v) is 5.09. The summed E-state index contributed by atoms with van der Waals surface area (Å²) in [7, 11) is 0. The van der Waals surface area contributed by atoms with Gasteiger partial charge in [0.15, 0.2) is 0 Å². The van der Waals surface area contributed by atoms with Crippen LogP contribution in [-0.4, -0.2) is 43.3 Å². The zero-order valence-corrected chi connectivity index (χ0v) is 13.2. The maximum atomic E-state index is 5.72. The van der Waals surface area contributed by atoms with Gasteiger partial charge in [0.25, 0.3) is 0 Å². The molecule has 1 saturated heterocycles. The number of ether oxygens (including phenoxy) is 1. The molecular formula is C16H26N2OS. The molecule has 1 N–H and O–H groups in total. The third kappa shape index (κ3) is 3.82. The van der Waals surface area contributed by atoms with Crippen LogP contribution in [0.3, 0.4) is 0 Å². The first-order chi connectivity index (χ1) is 9.86. The van der Waals surface area contributed by atoms with Crippen molar-refractivity contribution in [1.82, 2.24) is 10.2 Å². The first kappa shape index (κ1) is 14.5. The van der Waals surface area contributed by atoms with E-state index in [0.717, 1.165) is 32.3 Å². The molecule has 2 aliphatic rings. The summed E-state index contributed by atoms with van der Waals surface area (Å²) >= 11 is 1.80. The lowest BCUT2D eigenvalue weighted by Gasteiger charge is -2.28. The van der Waals surface area contributed by atoms with Crippen LogP contribution in [0.25, 0.3) is 0 Å². The van der Waals surface area contributed by atoms with Crippen molar-refractivity contribution in [3.8, 4) is 0 Å². The molecule has 1 aromatic heterocycles. The van der Waals surface area contributed by atoms with Crippen LogP contribution in [0.2, 0.25) is 0 Å². The Morgan fingerprint density at radius 3 is 3.00 bits per heavy atom. The molecule has 0 amide bonds. The van der Waals surface area contributed by atoms with Gasteiger partial charge in [0.1, 0.15) is 0 Å². The number of hydrogen-bond donors (Lipinski definition) is 1. The molecule has 1 aliphatic heterocycles. The van der Waals surface area contributed by atoms with E-state index in [1.165, 1.54) is 31.4 Å². The lowest BCUT2D eigenvalue weighted by molar-refractivity contribution is 0.161. The van der Waals surface area contributed by atoms with Crippen molar-refractivity contribution in [2.45, 2.75) is 44.8 Å². The standard InChI is InChI=1S/C16H26N2OS/c1-2-6-17-16-11-19-10-14(16)9-18(15-3-4-15)8-13-5-7-20-12-13/h5,7,12,14-17H,2-4,6,8-11H2,1H3. The SMILES string of the molecule is CCCNC1COCC1CN(Cc1ccsc1)C1CC1. The van der Waals surface area contributed by atoms with Gasteiger partial charge in [0, 0.05) is 31.1 Å². The van der Waals surface area contributed by atoms with E-state index >= 15 is 0 Å². The molecule has 1 saturated carbocycles. The Morgan fingerprint density at radius 2 is 2.30 bits per heavy atom. The second-order valence-corrected chi connectivity index (χ2v) is 6.93. The minimum Gasteiger partial charge on any atom is -0.379 e. The highest BCUT2D eigenvalue weighted by Gasteiger charge is 2.35. The minimum absolute atomic E-state index is 0.554. The van der Waals surface area contributed by atoms with Crippen molar-refractivity contribution >= 4 is 11.3 Å². The predicted octanol–water partition coefficient (Wildman–Crippen LogP) is 2.73. The fraction of sp³-hybridized carbons (Fsp3) is 0.750. The van der Waals surface area contributed by atoms with Gasteiger partial charge in [0.2, 0.25) is 0 Å². The number of nitrogens with zero attached hydrogens (tertiary/aromatic N) is 1. The number of thiophene rings is 1. The maximum Gasteiger partial charge on any atom is 0.0623 e. The Balaban J connectivity index is 1.55. The maximum absolute atomic E-state index is 5.72. The first-order valence-electron chi connectivity index (χ1n) is 7.93. The molecule has 0 bridgehead atoms. The normalized spacial score (nSPS) is 26.5. The van der Waals surface area contributed by atoms with Crippen LogP contribution in [0.1, 0.15) is 31.7 Å². The van der Waals surface area contributed by atoms with Crippen molar-refractivity contribution in [3.63, 3.8) is 0 Å². The monoisotopic (exact) mass is 294 g/mol. The summed E-state index contributed by atoms with van der Waals surface area (Å²) in [5.41, 5.74) is 1.47. The summed E-state index contributed by atoms with van der Waals surface area (Å²) in [6.45, 7) is 7.45. The van der Waals surface area contributed by atoms with Gasteiger partial charge in [-0.1, -0.05) is 6.92 Å². The van der Waals surface area contributed by atoms with Gasteiger partial charge in [-0.15, -0.1) is 0 Å². The van der Waals surface area contributed by atoms with Crippen molar-refractivity contribution in [2.75, 3.05) is 26.3 Å². The van der Waals surface area contributed by atoms with E-state index in [4.69, 9.17) is 4.74 Å². The molecule has 4 heteroatoms. The molecule has 0 spiro atoms. The topological polar surface area (TPSA) is 24.5 Å². The number of rotatable bonds is 8. The molecule has 0 aromatic carbocycles. The van der Waals surface area contributed by atoms with Crippen molar-refractivity contribution in [1.29, 1.82) is 0 Å². The summed E-state index contributed by atoms with van der Waals surface area (Å²) in [6.07, 6.45) is 3.96. The summed E-state index contributed by atoms with van der Waals surface area (Å²) < 4.78 is 5.72. The Kier molecular flexibility index (Phi) is 5.10. The zero-order valence-electron chi connectivity index (χ0n) is 12.4. The van der Waals surface area contributed by atoms with E-state index in [-0.39, 0.29) is 0 Å². The van der Waals surface area contributed by atoms with Crippen LogP contribution < -0.4 is 5.32 Å². The molecule has 1 aromatic rings. The van der Waals surface area contributed by atoms with E-state index in [1.54, 1.807) is 11.3 Å². The predicted molar refractivity (Wildman–Crippen MR) is 84.1 cm³/mol. The molecule has 0 radical (unpaired) electrons. The summed E-state index contributed by atoms with van der Waals surface area (Å²) in [5, 5.41) is 8.13. The molecule has 112 valence electrons. The number of nitrogens with one attached hydrogen (secondary N) is 1. The van der Waals surface area contributed by atoms with Crippen LogP contribution in [0, 0.1) is 5.92 Å². The second-order valence-electron chi connectivity index (χ2n) is 6.15. The summed E-state index contributed by atoms with van der Waals surface area (Å²) in [6, 6.07) is 3.64. The molecule has 20 heavy (non-hydrogen) atoms. The van der Waals surface area contributed by atoms with Crippen LogP contribution in [-0.2, 0) is 11.3 Å². The molecule has 3 nitrogen and oxygen atoms in total. The minimum atomic E-state index is 0.554. The second kappa shape index (κ2) is 7.03. The highest BCUT2D eigenvalue weighted by molar-refractivity contribution is 7.07. The van der Waals surface area contributed by atoms with Gasteiger partial charge in [-0.3, -0.25) is 4.90 Å². The van der Waals surface area contributed by atoms with Crippen molar-refractivity contribution in [2.24, 2.45) is 5.92 Å². The summed E-state index contributed by atoms with van der Waals surface area (Å²) in [5.74, 6) is 0.654. The van der Waals surface area contributed by atoms with E-state index in [1.807, 2.05) is 0 Å². The van der Waals surface area contributed by atoms with Crippen LogP contribution in [0.5, 0.6) is 0 Å². The smallest absolute Gasteiger partial charge is 0.0623 e. The van der Waals surface area contributed by atoms with Gasteiger partial charge in [0.05, 0.1) is 13.2 Å². The summed E-state index contributed by atoms with van der Waals surface area (Å²) in [4.78, 5) is 2.68. The molecule has 1 aliphatic carbocycles. The van der Waals surface area contributed by atoms with Crippen LogP contribution in [0.4, 0.5) is 0 Å². The van der Waals surface area contributed by atoms with Gasteiger partial charge in [-0.25, -0.2) is 0 Å². The van der Waals surface area contributed by atoms with E-state index in [9.17, 15) is 0 Å². The van der Waals surface area contributed by atoms with Gasteiger partial charge in [-0.05, 0) is 48.2 Å².